The molecule has 0 bridgehead atoms. The highest BCUT2D eigenvalue weighted by molar-refractivity contribution is 5.85. The molecule has 2 fully saturated rings. The molecule has 0 unspecified atom stereocenters. The molecule has 1 amide bonds. The third kappa shape index (κ3) is 4.83. The van der Waals surface area contributed by atoms with Gasteiger partial charge in [-0.2, -0.15) is 0 Å². The highest BCUT2D eigenvalue weighted by Gasteiger charge is 2.39. The molecular formula is C17H25ClN2O3. The van der Waals surface area contributed by atoms with Gasteiger partial charge in [-0.25, -0.2) is 0 Å². The zero-order valence-corrected chi connectivity index (χ0v) is 13.9. The van der Waals surface area contributed by atoms with Crippen LogP contribution < -0.4 is 15.4 Å². The van der Waals surface area contributed by atoms with Gasteiger partial charge in [-0.15, -0.1) is 12.4 Å². The molecule has 1 heterocycles. The molecule has 1 aliphatic carbocycles. The van der Waals surface area contributed by atoms with Crippen molar-refractivity contribution >= 4 is 18.3 Å². The quantitative estimate of drug-likeness (QED) is 0.757. The fourth-order valence-corrected chi connectivity index (χ4v) is 3.51. The van der Waals surface area contributed by atoms with Crippen LogP contribution in [0.2, 0.25) is 0 Å². The van der Waals surface area contributed by atoms with Crippen molar-refractivity contribution in [3.05, 3.63) is 30.3 Å². The number of aliphatic hydroxyl groups is 1. The fourth-order valence-electron chi connectivity index (χ4n) is 3.51. The third-order valence-electron chi connectivity index (χ3n) is 4.73. The van der Waals surface area contributed by atoms with Gasteiger partial charge in [-0.1, -0.05) is 18.2 Å². The highest BCUT2D eigenvalue weighted by atomic mass is 35.5. The number of nitrogens with one attached hydrogen (secondary N) is 2. The van der Waals surface area contributed by atoms with E-state index in [1.807, 2.05) is 30.3 Å². The molecule has 0 spiro atoms. The SMILES string of the molecule is Cl.O=C(CCOc1ccccc1)N[C@H]1C[C@H]2CNC[C@H]2C[C@@H]1O. The van der Waals surface area contributed by atoms with E-state index in [-0.39, 0.29) is 24.4 Å². The van der Waals surface area contributed by atoms with Crippen LogP contribution in [-0.4, -0.2) is 42.9 Å². The second-order valence-electron chi connectivity index (χ2n) is 6.30. The standard InChI is InChI=1S/C17H24N2O3.ClH/c20-16-9-13-11-18-10-12(13)8-15(16)19-17(21)6-7-22-14-4-2-1-3-5-14;/h1-5,12-13,15-16,18,20H,6-11H2,(H,19,21);1H/t12-,13+,15-,16-;/m0./s1. The van der Waals surface area contributed by atoms with Crippen LogP contribution in [0.25, 0.3) is 0 Å². The third-order valence-corrected chi connectivity index (χ3v) is 4.73. The number of halogens is 1. The number of aliphatic hydroxyl groups excluding tert-OH is 1. The van der Waals surface area contributed by atoms with Gasteiger partial charge in [-0.3, -0.25) is 4.79 Å². The van der Waals surface area contributed by atoms with Crippen LogP contribution in [0.4, 0.5) is 0 Å². The molecule has 23 heavy (non-hydrogen) atoms. The Labute approximate surface area is 143 Å². The number of benzene rings is 1. The summed E-state index contributed by atoms with van der Waals surface area (Å²) in [4.78, 5) is 12.0. The van der Waals surface area contributed by atoms with E-state index < -0.39 is 6.10 Å². The van der Waals surface area contributed by atoms with E-state index in [1.54, 1.807) is 0 Å². The van der Waals surface area contributed by atoms with Gasteiger partial charge in [0.15, 0.2) is 0 Å². The summed E-state index contributed by atoms with van der Waals surface area (Å²) in [5.41, 5.74) is 0. The maximum atomic E-state index is 12.0. The molecule has 3 N–H and O–H groups in total. The average Bonchev–Trinajstić information content (AvgIpc) is 2.96. The van der Waals surface area contributed by atoms with Gasteiger partial charge in [-0.05, 0) is 49.9 Å². The first-order chi connectivity index (χ1) is 10.7. The summed E-state index contributed by atoms with van der Waals surface area (Å²) in [5.74, 6) is 1.86. The smallest absolute Gasteiger partial charge is 0.223 e. The Morgan fingerprint density at radius 1 is 1.22 bits per heavy atom. The number of rotatable bonds is 5. The Morgan fingerprint density at radius 2 is 1.91 bits per heavy atom. The van der Waals surface area contributed by atoms with Crippen LogP contribution in [0.5, 0.6) is 5.75 Å². The lowest BCUT2D eigenvalue weighted by Gasteiger charge is -2.35. The van der Waals surface area contributed by atoms with Crippen LogP contribution >= 0.6 is 12.4 Å². The monoisotopic (exact) mass is 340 g/mol. The lowest BCUT2D eigenvalue weighted by atomic mass is 9.77. The fraction of sp³-hybridized carbons (Fsp3) is 0.588. The normalized spacial score (nSPS) is 29.3. The molecule has 128 valence electrons. The number of ether oxygens (including phenoxy) is 1. The molecule has 3 rings (SSSR count). The molecule has 5 nitrogen and oxygen atoms in total. The van der Waals surface area contributed by atoms with Crippen LogP contribution in [0.1, 0.15) is 19.3 Å². The maximum absolute atomic E-state index is 12.0. The van der Waals surface area contributed by atoms with E-state index in [1.165, 1.54) is 0 Å². The summed E-state index contributed by atoms with van der Waals surface area (Å²) in [6, 6.07) is 9.35. The second-order valence-corrected chi connectivity index (χ2v) is 6.30. The molecule has 1 saturated heterocycles. The minimum absolute atomic E-state index is 0. The number of para-hydroxylation sites is 1. The molecular weight excluding hydrogens is 316 g/mol. The van der Waals surface area contributed by atoms with Gasteiger partial charge in [0.2, 0.25) is 5.91 Å². The van der Waals surface area contributed by atoms with Crippen LogP contribution in [0.15, 0.2) is 30.3 Å². The molecule has 1 aromatic rings. The van der Waals surface area contributed by atoms with E-state index in [2.05, 4.69) is 10.6 Å². The van der Waals surface area contributed by atoms with Crippen LogP contribution in [-0.2, 0) is 4.79 Å². The largest absolute Gasteiger partial charge is 0.493 e. The average molecular weight is 341 g/mol. The minimum atomic E-state index is -0.430. The topological polar surface area (TPSA) is 70.6 Å². The molecule has 1 aromatic carbocycles. The first-order valence-corrected chi connectivity index (χ1v) is 8.08. The van der Waals surface area contributed by atoms with E-state index in [4.69, 9.17) is 4.74 Å². The van der Waals surface area contributed by atoms with Crippen molar-refractivity contribution < 1.29 is 14.6 Å². The Kier molecular flexibility index (Phi) is 6.69. The zero-order chi connectivity index (χ0) is 15.4. The first-order valence-electron chi connectivity index (χ1n) is 8.08. The predicted octanol–water partition coefficient (Wildman–Crippen LogP) is 1.35. The summed E-state index contributed by atoms with van der Waals surface area (Å²) < 4.78 is 5.53. The summed E-state index contributed by atoms with van der Waals surface area (Å²) in [5, 5.41) is 16.5. The molecule has 2 aliphatic rings. The highest BCUT2D eigenvalue weighted by Crippen LogP contribution is 2.32. The molecule has 4 atom stereocenters. The first kappa shape index (κ1) is 18.0. The second kappa shape index (κ2) is 8.52. The number of fused-ring (bicyclic) bond motifs is 1. The number of hydrogen-bond donors (Lipinski definition) is 3. The molecule has 0 radical (unpaired) electrons. The Bertz CT molecular complexity index is 500. The summed E-state index contributed by atoms with van der Waals surface area (Å²) in [6.45, 7) is 2.35. The van der Waals surface area contributed by atoms with Gasteiger partial charge in [0.1, 0.15) is 5.75 Å². The van der Waals surface area contributed by atoms with Crippen LogP contribution in [0, 0.1) is 11.8 Å². The van der Waals surface area contributed by atoms with E-state index in [0.717, 1.165) is 31.7 Å². The Balaban J connectivity index is 0.00000192. The van der Waals surface area contributed by atoms with Crippen molar-refractivity contribution in [3.8, 4) is 5.75 Å². The molecule has 1 saturated carbocycles. The number of carbonyl (C=O) groups excluding carboxylic acids is 1. The van der Waals surface area contributed by atoms with Crippen molar-refractivity contribution in [1.29, 1.82) is 0 Å². The van der Waals surface area contributed by atoms with Gasteiger partial charge < -0.3 is 20.5 Å². The maximum Gasteiger partial charge on any atom is 0.223 e. The van der Waals surface area contributed by atoms with E-state index >= 15 is 0 Å². The number of hydrogen-bond acceptors (Lipinski definition) is 4. The van der Waals surface area contributed by atoms with Crippen molar-refractivity contribution in [1.82, 2.24) is 10.6 Å². The number of amides is 1. The zero-order valence-electron chi connectivity index (χ0n) is 13.1. The predicted molar refractivity (Wildman–Crippen MR) is 90.8 cm³/mol. The summed E-state index contributed by atoms with van der Waals surface area (Å²) >= 11 is 0. The molecule has 6 heteroatoms. The molecule has 1 aliphatic heterocycles. The van der Waals surface area contributed by atoms with Gasteiger partial charge in [0.25, 0.3) is 0 Å². The summed E-state index contributed by atoms with van der Waals surface area (Å²) in [6.07, 6.45) is 1.53. The van der Waals surface area contributed by atoms with E-state index in [9.17, 15) is 9.90 Å². The van der Waals surface area contributed by atoms with Crippen molar-refractivity contribution in [2.75, 3.05) is 19.7 Å². The summed E-state index contributed by atoms with van der Waals surface area (Å²) in [7, 11) is 0. The Hall–Kier alpha value is -1.30. The van der Waals surface area contributed by atoms with Crippen LogP contribution in [0.3, 0.4) is 0 Å². The minimum Gasteiger partial charge on any atom is -0.493 e. The molecule has 0 aromatic heterocycles. The number of carbonyl (C=O) groups is 1. The lowest BCUT2D eigenvalue weighted by molar-refractivity contribution is -0.123. The van der Waals surface area contributed by atoms with E-state index in [0.29, 0.717) is 24.9 Å². The van der Waals surface area contributed by atoms with Crippen molar-refractivity contribution in [2.24, 2.45) is 11.8 Å². The van der Waals surface area contributed by atoms with Gasteiger partial charge in [0, 0.05) is 0 Å². The van der Waals surface area contributed by atoms with Gasteiger partial charge in [0.05, 0.1) is 25.2 Å². The Morgan fingerprint density at radius 3 is 2.65 bits per heavy atom. The van der Waals surface area contributed by atoms with Gasteiger partial charge >= 0.3 is 0 Å². The van der Waals surface area contributed by atoms with Crippen molar-refractivity contribution in [3.63, 3.8) is 0 Å². The lowest BCUT2D eigenvalue weighted by Crippen LogP contribution is -2.49. The van der Waals surface area contributed by atoms with Crippen molar-refractivity contribution in [2.45, 2.75) is 31.4 Å².